The van der Waals surface area contributed by atoms with Crippen LogP contribution in [0.25, 0.3) is 0 Å². The molecule has 2 aromatic rings. The van der Waals surface area contributed by atoms with Crippen LogP contribution in [0.15, 0.2) is 46.9 Å². The summed E-state index contributed by atoms with van der Waals surface area (Å²) >= 11 is 0. The molecule has 0 saturated heterocycles. The normalized spacial score (nSPS) is 10.3. The number of nitrogens with one attached hydrogen (secondary N) is 3. The molecule has 3 amide bonds. The first-order chi connectivity index (χ1) is 11.5. The molecular formula is C17H21N3O4. The summed E-state index contributed by atoms with van der Waals surface area (Å²) in [4.78, 5) is 23.3. The first kappa shape index (κ1) is 17.4. The molecule has 3 N–H and O–H groups in total. The molecule has 0 radical (unpaired) electrons. The molecule has 0 saturated carbocycles. The molecule has 0 bridgehead atoms. The van der Waals surface area contributed by atoms with Gasteiger partial charge in [0, 0.05) is 6.54 Å². The number of hydrogen-bond acceptors (Lipinski definition) is 4. The fraction of sp³-hybridized carbons (Fsp3) is 0.294. The lowest BCUT2D eigenvalue weighted by Gasteiger charge is -2.09. The van der Waals surface area contributed by atoms with Crippen LogP contribution in [0.3, 0.4) is 0 Å². The van der Waals surface area contributed by atoms with E-state index in [9.17, 15) is 9.59 Å². The number of furan rings is 1. The van der Waals surface area contributed by atoms with E-state index in [0.29, 0.717) is 24.0 Å². The number of para-hydroxylation sites is 1. The summed E-state index contributed by atoms with van der Waals surface area (Å²) in [6.07, 6.45) is 0. The third-order valence-corrected chi connectivity index (χ3v) is 2.97. The zero-order chi connectivity index (χ0) is 17.4. The van der Waals surface area contributed by atoms with Crippen LogP contribution in [-0.4, -0.2) is 18.5 Å². The van der Waals surface area contributed by atoms with Crippen molar-refractivity contribution in [3.8, 4) is 5.75 Å². The monoisotopic (exact) mass is 331 g/mol. The predicted octanol–water partition coefficient (Wildman–Crippen LogP) is 2.46. The fourth-order valence-electron chi connectivity index (χ4n) is 1.76. The van der Waals surface area contributed by atoms with E-state index in [1.807, 2.05) is 44.2 Å². The van der Waals surface area contributed by atoms with Gasteiger partial charge in [-0.15, -0.1) is 0 Å². The number of carbonyl (C=O) groups is 2. The van der Waals surface area contributed by atoms with Crippen LogP contribution < -0.4 is 20.9 Å². The summed E-state index contributed by atoms with van der Waals surface area (Å²) in [6.45, 7) is 4.67. The highest BCUT2D eigenvalue weighted by molar-refractivity contribution is 5.92. The van der Waals surface area contributed by atoms with Crippen LogP contribution in [-0.2, 0) is 6.61 Å². The second-order valence-electron chi connectivity index (χ2n) is 5.55. The Morgan fingerprint density at radius 3 is 2.54 bits per heavy atom. The first-order valence-electron chi connectivity index (χ1n) is 7.65. The summed E-state index contributed by atoms with van der Waals surface area (Å²) < 4.78 is 10.9. The van der Waals surface area contributed by atoms with E-state index in [4.69, 9.17) is 9.15 Å². The van der Waals surface area contributed by atoms with Gasteiger partial charge in [0.15, 0.2) is 5.76 Å². The van der Waals surface area contributed by atoms with Gasteiger partial charge < -0.3 is 14.5 Å². The number of benzene rings is 1. The molecule has 128 valence electrons. The topological polar surface area (TPSA) is 92.6 Å². The van der Waals surface area contributed by atoms with Gasteiger partial charge in [0.25, 0.3) is 0 Å². The summed E-state index contributed by atoms with van der Waals surface area (Å²) in [6, 6.07) is 12.0. The molecule has 0 fully saturated rings. The largest absolute Gasteiger partial charge is 0.486 e. The highest BCUT2D eigenvalue weighted by Gasteiger charge is 2.12. The summed E-state index contributed by atoms with van der Waals surface area (Å²) in [7, 11) is 0. The van der Waals surface area contributed by atoms with Crippen LogP contribution in [0.5, 0.6) is 5.75 Å². The van der Waals surface area contributed by atoms with Crippen molar-refractivity contribution in [3.63, 3.8) is 0 Å². The third-order valence-electron chi connectivity index (χ3n) is 2.97. The van der Waals surface area contributed by atoms with Gasteiger partial charge in [-0.1, -0.05) is 32.0 Å². The third kappa shape index (κ3) is 5.68. The molecule has 1 heterocycles. The van der Waals surface area contributed by atoms with Gasteiger partial charge in [-0.25, -0.2) is 10.2 Å². The summed E-state index contributed by atoms with van der Waals surface area (Å²) in [5, 5.41) is 2.62. The molecule has 0 atom stereocenters. The van der Waals surface area contributed by atoms with Crippen molar-refractivity contribution >= 4 is 11.9 Å². The number of hydrogen-bond donors (Lipinski definition) is 3. The minimum Gasteiger partial charge on any atom is -0.486 e. The molecular weight excluding hydrogens is 310 g/mol. The smallest absolute Gasteiger partial charge is 0.333 e. The van der Waals surface area contributed by atoms with Crippen molar-refractivity contribution in [3.05, 3.63) is 54.0 Å². The Balaban J connectivity index is 1.77. The lowest BCUT2D eigenvalue weighted by Crippen LogP contribution is -2.47. The molecule has 1 aromatic carbocycles. The molecule has 0 aliphatic carbocycles. The number of urea groups is 1. The predicted molar refractivity (Wildman–Crippen MR) is 88.3 cm³/mol. The van der Waals surface area contributed by atoms with Crippen LogP contribution in [0.4, 0.5) is 4.79 Å². The highest BCUT2D eigenvalue weighted by atomic mass is 16.5. The molecule has 0 aliphatic heterocycles. The van der Waals surface area contributed by atoms with E-state index in [2.05, 4.69) is 16.2 Å². The Hall–Kier alpha value is -2.96. The van der Waals surface area contributed by atoms with Crippen molar-refractivity contribution in [1.29, 1.82) is 0 Å². The minimum absolute atomic E-state index is 0.0887. The number of ether oxygens (including phenoxy) is 1. The molecule has 1 aromatic heterocycles. The Morgan fingerprint density at radius 2 is 1.83 bits per heavy atom. The van der Waals surface area contributed by atoms with Gasteiger partial charge in [-0.2, -0.15) is 0 Å². The van der Waals surface area contributed by atoms with Gasteiger partial charge in [-0.05, 0) is 30.2 Å². The van der Waals surface area contributed by atoms with Crippen molar-refractivity contribution in [1.82, 2.24) is 16.2 Å². The Kier molecular flexibility index (Phi) is 6.24. The van der Waals surface area contributed by atoms with E-state index in [-0.39, 0.29) is 12.4 Å². The van der Waals surface area contributed by atoms with Crippen molar-refractivity contribution < 1.29 is 18.7 Å². The second-order valence-corrected chi connectivity index (χ2v) is 5.55. The summed E-state index contributed by atoms with van der Waals surface area (Å²) in [5.74, 6) is 1.09. The fourth-order valence-corrected chi connectivity index (χ4v) is 1.76. The number of rotatable bonds is 6. The molecule has 0 aliphatic rings. The second kappa shape index (κ2) is 8.61. The van der Waals surface area contributed by atoms with Crippen molar-refractivity contribution in [2.75, 3.05) is 6.54 Å². The van der Waals surface area contributed by atoms with Crippen LogP contribution in [0.2, 0.25) is 0 Å². The maximum atomic E-state index is 11.9. The number of hydrazine groups is 1. The van der Waals surface area contributed by atoms with E-state index in [1.54, 1.807) is 6.07 Å². The highest BCUT2D eigenvalue weighted by Crippen LogP contribution is 2.13. The van der Waals surface area contributed by atoms with Gasteiger partial charge in [0.2, 0.25) is 0 Å². The molecule has 0 spiro atoms. The van der Waals surface area contributed by atoms with Crippen LogP contribution in [0, 0.1) is 5.92 Å². The van der Waals surface area contributed by atoms with Gasteiger partial charge in [0.05, 0.1) is 0 Å². The van der Waals surface area contributed by atoms with Crippen molar-refractivity contribution in [2.24, 2.45) is 5.92 Å². The molecule has 24 heavy (non-hydrogen) atoms. The lowest BCUT2D eigenvalue weighted by molar-refractivity contribution is 0.0904. The van der Waals surface area contributed by atoms with Gasteiger partial charge >= 0.3 is 11.9 Å². The zero-order valence-corrected chi connectivity index (χ0v) is 13.7. The van der Waals surface area contributed by atoms with Crippen LogP contribution in [0.1, 0.15) is 30.2 Å². The maximum absolute atomic E-state index is 11.9. The molecule has 2 rings (SSSR count). The Morgan fingerprint density at radius 1 is 1.08 bits per heavy atom. The van der Waals surface area contributed by atoms with E-state index in [0.717, 1.165) is 0 Å². The zero-order valence-electron chi connectivity index (χ0n) is 13.7. The van der Waals surface area contributed by atoms with Gasteiger partial charge in [0.1, 0.15) is 18.1 Å². The molecule has 7 nitrogen and oxygen atoms in total. The Bertz CT molecular complexity index is 667. The lowest BCUT2D eigenvalue weighted by atomic mass is 10.2. The van der Waals surface area contributed by atoms with Gasteiger partial charge in [-0.3, -0.25) is 10.2 Å². The summed E-state index contributed by atoms with van der Waals surface area (Å²) in [5.41, 5.74) is 4.54. The SMILES string of the molecule is CC(C)CNC(=O)NNC(=O)c1ccc(COc2ccccc2)o1. The Labute approximate surface area is 140 Å². The van der Waals surface area contributed by atoms with E-state index >= 15 is 0 Å². The van der Waals surface area contributed by atoms with Crippen LogP contribution >= 0.6 is 0 Å². The van der Waals surface area contributed by atoms with E-state index < -0.39 is 11.9 Å². The van der Waals surface area contributed by atoms with Crippen molar-refractivity contribution in [2.45, 2.75) is 20.5 Å². The molecule has 7 heteroatoms. The average molecular weight is 331 g/mol. The maximum Gasteiger partial charge on any atom is 0.333 e. The van der Waals surface area contributed by atoms with E-state index in [1.165, 1.54) is 6.07 Å². The quantitative estimate of drug-likeness (QED) is 0.709. The standard InChI is InChI=1S/C17H21N3O4/c1-12(2)10-18-17(22)20-19-16(21)15-9-8-14(24-15)11-23-13-6-4-3-5-7-13/h3-9,12H,10-11H2,1-2H3,(H,19,21)(H2,18,20,22). The average Bonchev–Trinajstić information content (AvgIpc) is 3.06. The first-order valence-corrected chi connectivity index (χ1v) is 7.65. The number of amides is 3. The molecule has 0 unspecified atom stereocenters. The minimum atomic E-state index is -0.541. The number of carbonyl (C=O) groups excluding carboxylic acids is 2.